The molecule has 1 N–H and O–H groups in total. The summed E-state index contributed by atoms with van der Waals surface area (Å²) in [5, 5.41) is 7.12. The monoisotopic (exact) mass is 516 g/mol. The molecule has 2 aliphatic heterocycles. The molecule has 2 aliphatic rings. The number of carboxylic acid groups (broad SMARTS) is 1. The van der Waals surface area contributed by atoms with Gasteiger partial charge in [-0.15, -0.1) is 0 Å². The largest absolute Gasteiger partial charge is 0.494 e. The molecule has 9 nitrogen and oxygen atoms in total. The number of hydrogen-bond donors (Lipinski definition) is 1. The van der Waals surface area contributed by atoms with Crippen LogP contribution in [0.25, 0.3) is 0 Å². The van der Waals surface area contributed by atoms with Gasteiger partial charge in [0.25, 0.3) is 0 Å². The van der Waals surface area contributed by atoms with E-state index in [2.05, 4.69) is 4.90 Å². The Hall–Kier alpha value is -2.00. The zero-order chi connectivity index (χ0) is 25.7. The summed E-state index contributed by atoms with van der Waals surface area (Å²) in [6.45, 7) is 1.83. The third kappa shape index (κ3) is 7.25. The summed E-state index contributed by atoms with van der Waals surface area (Å²) < 4.78 is 90.1. The van der Waals surface area contributed by atoms with Crippen molar-refractivity contribution in [3.8, 4) is 5.75 Å². The standard InChI is InChI=1S/C18H27FN2O5S.C2HF3O2/c1-20(2)11-14-6-7-18(26-14)12-21(8-9-25-13-18)27(22,23)15-4-5-17(24-3)16(19)10-15;3-2(4,5)1(6)7/h4-5,10,14H,6-9,11-13H2,1-3H3;(H,6,7). The molecular weight excluding hydrogens is 488 g/mol. The van der Waals surface area contributed by atoms with E-state index in [0.29, 0.717) is 6.61 Å². The Kier molecular flexibility index (Phi) is 9.27. The molecule has 194 valence electrons. The van der Waals surface area contributed by atoms with Crippen molar-refractivity contribution >= 4 is 16.0 Å². The molecule has 0 radical (unpaired) electrons. The minimum Gasteiger partial charge on any atom is -0.494 e. The predicted molar refractivity (Wildman–Crippen MR) is 112 cm³/mol. The van der Waals surface area contributed by atoms with Crippen LogP contribution in [0, 0.1) is 5.82 Å². The van der Waals surface area contributed by atoms with Gasteiger partial charge in [-0.2, -0.15) is 17.5 Å². The fourth-order valence-electron chi connectivity index (χ4n) is 3.69. The normalized spacial score (nSPS) is 23.9. The molecule has 2 fully saturated rings. The van der Waals surface area contributed by atoms with Crippen molar-refractivity contribution in [1.82, 2.24) is 9.21 Å². The lowest BCUT2D eigenvalue weighted by Gasteiger charge is -2.32. The highest BCUT2D eigenvalue weighted by atomic mass is 32.2. The average molecular weight is 517 g/mol. The zero-order valence-corrected chi connectivity index (χ0v) is 19.8. The molecule has 1 spiro atoms. The third-order valence-corrected chi connectivity index (χ3v) is 7.07. The quantitative estimate of drug-likeness (QED) is 0.593. The molecule has 0 bridgehead atoms. The van der Waals surface area contributed by atoms with E-state index >= 15 is 0 Å². The van der Waals surface area contributed by atoms with E-state index in [1.165, 1.54) is 23.5 Å². The van der Waals surface area contributed by atoms with Gasteiger partial charge in [0.15, 0.2) is 11.6 Å². The van der Waals surface area contributed by atoms with Crippen LogP contribution in [-0.4, -0.2) is 101 Å². The molecule has 34 heavy (non-hydrogen) atoms. The highest BCUT2D eigenvalue weighted by Crippen LogP contribution is 2.35. The number of halogens is 4. The van der Waals surface area contributed by atoms with Crippen LogP contribution in [0.2, 0.25) is 0 Å². The molecule has 3 rings (SSSR count). The zero-order valence-electron chi connectivity index (χ0n) is 19.0. The molecule has 2 saturated heterocycles. The molecule has 2 unspecified atom stereocenters. The number of rotatable bonds is 5. The summed E-state index contributed by atoms with van der Waals surface area (Å²) in [5.41, 5.74) is -0.657. The van der Waals surface area contributed by atoms with Crippen molar-refractivity contribution in [1.29, 1.82) is 0 Å². The molecule has 14 heteroatoms. The summed E-state index contributed by atoms with van der Waals surface area (Å²) in [6.07, 6.45) is -3.45. The van der Waals surface area contributed by atoms with E-state index in [1.54, 1.807) is 0 Å². The number of carbonyl (C=O) groups is 1. The van der Waals surface area contributed by atoms with Crippen LogP contribution in [-0.2, 0) is 24.3 Å². The van der Waals surface area contributed by atoms with E-state index in [0.717, 1.165) is 25.5 Å². The SMILES string of the molecule is COc1ccc(S(=O)(=O)N2CCOCC3(CCC(CN(C)C)O3)C2)cc1F.O=C(O)C(F)(F)F. The predicted octanol–water partition coefficient (Wildman–Crippen LogP) is 1.97. The third-order valence-electron chi connectivity index (χ3n) is 5.23. The van der Waals surface area contributed by atoms with Crippen molar-refractivity contribution in [3.05, 3.63) is 24.0 Å². The number of carboxylic acids is 1. The first-order chi connectivity index (χ1) is 15.7. The van der Waals surface area contributed by atoms with Crippen molar-refractivity contribution in [2.75, 3.05) is 54.1 Å². The smallest absolute Gasteiger partial charge is 0.490 e. The van der Waals surface area contributed by atoms with E-state index in [9.17, 15) is 26.0 Å². The van der Waals surface area contributed by atoms with Gasteiger partial charge in [0, 0.05) is 19.6 Å². The van der Waals surface area contributed by atoms with E-state index in [1.807, 2.05) is 14.1 Å². The lowest BCUT2D eigenvalue weighted by atomic mass is 10.0. The topological polar surface area (TPSA) is 106 Å². The molecular formula is C20H28F4N2O7S. The molecule has 0 aromatic heterocycles. The highest BCUT2D eigenvalue weighted by molar-refractivity contribution is 7.89. The van der Waals surface area contributed by atoms with Crippen molar-refractivity contribution in [2.45, 2.75) is 35.6 Å². The molecule has 1 aromatic carbocycles. The van der Waals surface area contributed by atoms with Gasteiger partial charge in [0.2, 0.25) is 10.0 Å². The number of nitrogens with zero attached hydrogens (tertiary/aromatic N) is 2. The molecule has 1 aromatic rings. The number of methoxy groups -OCH3 is 1. The van der Waals surface area contributed by atoms with Crippen LogP contribution < -0.4 is 4.74 Å². The minimum atomic E-state index is -5.08. The number of alkyl halides is 3. The summed E-state index contributed by atoms with van der Waals surface area (Å²) in [4.78, 5) is 10.9. The van der Waals surface area contributed by atoms with Gasteiger partial charge in [0.05, 0.1) is 31.3 Å². The first kappa shape index (κ1) is 28.2. The van der Waals surface area contributed by atoms with Gasteiger partial charge in [-0.3, -0.25) is 0 Å². The van der Waals surface area contributed by atoms with Crippen LogP contribution >= 0.6 is 0 Å². The summed E-state index contributed by atoms with van der Waals surface area (Å²) in [5.74, 6) is -3.45. The Bertz CT molecular complexity index is 959. The molecule has 0 aliphatic carbocycles. The van der Waals surface area contributed by atoms with Gasteiger partial charge in [0.1, 0.15) is 5.60 Å². The second kappa shape index (κ2) is 11.2. The number of aliphatic carboxylic acids is 1. The Balaban J connectivity index is 0.000000509. The Morgan fingerprint density at radius 3 is 2.53 bits per heavy atom. The van der Waals surface area contributed by atoms with Crippen LogP contribution in [0.15, 0.2) is 23.1 Å². The Morgan fingerprint density at radius 1 is 1.35 bits per heavy atom. The summed E-state index contributed by atoms with van der Waals surface area (Å²) >= 11 is 0. The van der Waals surface area contributed by atoms with Gasteiger partial charge in [-0.25, -0.2) is 17.6 Å². The maximum atomic E-state index is 14.0. The van der Waals surface area contributed by atoms with Gasteiger partial charge in [-0.1, -0.05) is 0 Å². The maximum absolute atomic E-state index is 14.0. The van der Waals surface area contributed by atoms with Crippen LogP contribution in [0.5, 0.6) is 5.75 Å². The second-order valence-electron chi connectivity index (χ2n) is 8.21. The van der Waals surface area contributed by atoms with Crippen LogP contribution in [0.3, 0.4) is 0 Å². The summed E-state index contributed by atoms with van der Waals surface area (Å²) in [7, 11) is 1.43. The number of ether oxygens (including phenoxy) is 3. The molecule has 2 atom stereocenters. The summed E-state index contributed by atoms with van der Waals surface area (Å²) in [6, 6.07) is 3.68. The lowest BCUT2D eigenvalue weighted by molar-refractivity contribution is -0.192. The highest BCUT2D eigenvalue weighted by Gasteiger charge is 2.45. The Labute approximate surface area is 195 Å². The fourth-order valence-corrected chi connectivity index (χ4v) is 5.20. The fraction of sp³-hybridized carbons (Fsp3) is 0.650. The van der Waals surface area contributed by atoms with Gasteiger partial charge < -0.3 is 24.2 Å². The van der Waals surface area contributed by atoms with Crippen LogP contribution in [0.1, 0.15) is 12.8 Å². The first-order valence-corrected chi connectivity index (χ1v) is 11.7. The van der Waals surface area contributed by atoms with Crippen molar-refractivity contribution in [2.24, 2.45) is 0 Å². The number of benzene rings is 1. The van der Waals surface area contributed by atoms with Gasteiger partial charge >= 0.3 is 12.1 Å². The lowest BCUT2D eigenvalue weighted by Crippen LogP contribution is -2.47. The Morgan fingerprint density at radius 2 is 2.00 bits per heavy atom. The second-order valence-corrected chi connectivity index (χ2v) is 10.2. The average Bonchev–Trinajstić information content (AvgIpc) is 2.98. The number of hydrogen-bond acceptors (Lipinski definition) is 7. The van der Waals surface area contributed by atoms with E-state index < -0.39 is 33.6 Å². The van der Waals surface area contributed by atoms with Gasteiger partial charge in [-0.05, 0) is 45.1 Å². The van der Waals surface area contributed by atoms with E-state index in [-0.39, 0.29) is 36.4 Å². The number of sulfonamides is 1. The van der Waals surface area contributed by atoms with Crippen LogP contribution in [0.4, 0.5) is 17.6 Å². The molecule has 0 saturated carbocycles. The molecule has 0 amide bonds. The number of likely N-dealkylation sites (N-methyl/N-ethyl adjacent to an activating group) is 1. The molecule has 2 heterocycles. The van der Waals surface area contributed by atoms with E-state index in [4.69, 9.17) is 24.1 Å². The maximum Gasteiger partial charge on any atom is 0.490 e. The first-order valence-electron chi connectivity index (χ1n) is 10.2. The van der Waals surface area contributed by atoms with Crippen molar-refractivity contribution < 1.29 is 50.1 Å². The van der Waals surface area contributed by atoms with Crippen molar-refractivity contribution in [3.63, 3.8) is 0 Å². The minimum absolute atomic E-state index is 0.00951.